The summed E-state index contributed by atoms with van der Waals surface area (Å²) in [4.78, 5) is 14.9. The second-order valence-electron chi connectivity index (χ2n) is 5.08. The standard InChI is InChI=1S/C17H18N4S/c1-12-13(2)20-17(15-7-3-4-9-18-15)21-16(12)19-10-8-14-6-5-11-22-14/h3-7,9,11H,8,10H2,1-2H3,(H,19,20,21). The third kappa shape index (κ3) is 3.31. The van der Waals surface area contributed by atoms with E-state index in [0.717, 1.165) is 35.7 Å². The molecule has 0 aliphatic carbocycles. The van der Waals surface area contributed by atoms with Crippen molar-refractivity contribution >= 4 is 17.2 Å². The normalized spacial score (nSPS) is 10.6. The van der Waals surface area contributed by atoms with Crippen LogP contribution in [0.4, 0.5) is 5.82 Å². The first-order valence-electron chi connectivity index (χ1n) is 7.27. The maximum absolute atomic E-state index is 4.64. The topological polar surface area (TPSA) is 50.7 Å². The van der Waals surface area contributed by atoms with Crippen molar-refractivity contribution in [1.29, 1.82) is 0 Å². The van der Waals surface area contributed by atoms with Gasteiger partial charge < -0.3 is 5.32 Å². The van der Waals surface area contributed by atoms with Crippen LogP contribution in [0.25, 0.3) is 11.5 Å². The minimum Gasteiger partial charge on any atom is -0.369 e. The molecule has 3 aromatic heterocycles. The number of nitrogens with one attached hydrogen (secondary N) is 1. The highest BCUT2D eigenvalue weighted by Crippen LogP contribution is 2.20. The molecule has 3 heterocycles. The van der Waals surface area contributed by atoms with Crippen LogP contribution in [0.2, 0.25) is 0 Å². The van der Waals surface area contributed by atoms with Crippen molar-refractivity contribution in [3.05, 3.63) is 58.0 Å². The monoisotopic (exact) mass is 310 g/mol. The molecule has 0 saturated carbocycles. The summed E-state index contributed by atoms with van der Waals surface area (Å²) in [6, 6.07) is 10.0. The Balaban J connectivity index is 1.79. The first-order valence-corrected chi connectivity index (χ1v) is 8.15. The van der Waals surface area contributed by atoms with Gasteiger partial charge in [-0.1, -0.05) is 12.1 Å². The molecule has 0 bridgehead atoms. The smallest absolute Gasteiger partial charge is 0.180 e. The molecule has 0 spiro atoms. The average molecular weight is 310 g/mol. The summed E-state index contributed by atoms with van der Waals surface area (Å²) >= 11 is 1.78. The number of hydrogen-bond acceptors (Lipinski definition) is 5. The van der Waals surface area contributed by atoms with E-state index in [9.17, 15) is 0 Å². The quantitative estimate of drug-likeness (QED) is 0.777. The molecule has 5 heteroatoms. The molecule has 22 heavy (non-hydrogen) atoms. The predicted octanol–water partition coefficient (Wildman–Crippen LogP) is 3.87. The summed E-state index contributed by atoms with van der Waals surface area (Å²) in [5, 5.41) is 5.54. The van der Waals surface area contributed by atoms with Gasteiger partial charge in [-0.2, -0.15) is 0 Å². The third-order valence-electron chi connectivity index (χ3n) is 3.53. The highest BCUT2D eigenvalue weighted by atomic mass is 32.1. The van der Waals surface area contributed by atoms with Gasteiger partial charge in [0.25, 0.3) is 0 Å². The fourth-order valence-electron chi connectivity index (χ4n) is 2.17. The minimum absolute atomic E-state index is 0.669. The van der Waals surface area contributed by atoms with E-state index in [4.69, 9.17) is 0 Å². The predicted molar refractivity (Wildman–Crippen MR) is 91.2 cm³/mol. The van der Waals surface area contributed by atoms with Gasteiger partial charge in [0.2, 0.25) is 0 Å². The molecule has 0 saturated heterocycles. The number of anilines is 1. The number of pyridine rings is 1. The molecular weight excluding hydrogens is 292 g/mol. The number of thiophene rings is 1. The first kappa shape index (κ1) is 14.7. The Hall–Kier alpha value is -2.27. The summed E-state index contributed by atoms with van der Waals surface area (Å²) in [6.45, 7) is 4.92. The van der Waals surface area contributed by atoms with Gasteiger partial charge in [-0.05, 0) is 43.8 Å². The maximum Gasteiger partial charge on any atom is 0.180 e. The van der Waals surface area contributed by atoms with Crippen molar-refractivity contribution in [3.8, 4) is 11.5 Å². The highest BCUT2D eigenvalue weighted by molar-refractivity contribution is 7.09. The van der Waals surface area contributed by atoms with Crippen molar-refractivity contribution < 1.29 is 0 Å². The van der Waals surface area contributed by atoms with E-state index < -0.39 is 0 Å². The zero-order valence-electron chi connectivity index (χ0n) is 12.7. The first-order chi connectivity index (χ1) is 10.7. The summed E-state index contributed by atoms with van der Waals surface area (Å²) in [5.41, 5.74) is 2.87. The maximum atomic E-state index is 4.64. The summed E-state index contributed by atoms with van der Waals surface area (Å²) in [5.74, 6) is 1.56. The van der Waals surface area contributed by atoms with E-state index in [2.05, 4.69) is 37.8 Å². The number of hydrogen-bond donors (Lipinski definition) is 1. The average Bonchev–Trinajstić information content (AvgIpc) is 3.05. The molecule has 3 aromatic rings. The number of rotatable bonds is 5. The molecule has 0 radical (unpaired) electrons. The number of nitrogens with zero attached hydrogens (tertiary/aromatic N) is 3. The Kier molecular flexibility index (Phi) is 4.44. The molecule has 4 nitrogen and oxygen atoms in total. The zero-order valence-corrected chi connectivity index (χ0v) is 13.5. The Bertz CT molecular complexity index is 739. The van der Waals surface area contributed by atoms with Gasteiger partial charge in [0.05, 0.1) is 0 Å². The Morgan fingerprint density at radius 3 is 2.73 bits per heavy atom. The zero-order chi connectivity index (χ0) is 15.4. The third-order valence-corrected chi connectivity index (χ3v) is 4.46. The van der Waals surface area contributed by atoms with Crippen molar-refractivity contribution in [2.24, 2.45) is 0 Å². The van der Waals surface area contributed by atoms with Crippen molar-refractivity contribution in [3.63, 3.8) is 0 Å². The van der Waals surface area contributed by atoms with Crippen LogP contribution in [0.1, 0.15) is 16.1 Å². The van der Waals surface area contributed by atoms with Crippen LogP contribution in [0.15, 0.2) is 41.9 Å². The van der Waals surface area contributed by atoms with Gasteiger partial charge >= 0.3 is 0 Å². The van der Waals surface area contributed by atoms with Gasteiger partial charge in [0, 0.05) is 28.9 Å². The molecule has 0 aliphatic heterocycles. The SMILES string of the molecule is Cc1nc(-c2ccccn2)nc(NCCc2cccs2)c1C. The van der Waals surface area contributed by atoms with Crippen LogP contribution in [-0.2, 0) is 6.42 Å². The number of aromatic nitrogens is 3. The molecule has 112 valence electrons. The molecule has 0 amide bonds. The van der Waals surface area contributed by atoms with E-state index in [0.29, 0.717) is 5.82 Å². The summed E-state index contributed by atoms with van der Waals surface area (Å²) in [6.07, 6.45) is 2.76. The Labute approximate surface area is 134 Å². The van der Waals surface area contributed by atoms with E-state index in [1.807, 2.05) is 32.0 Å². The van der Waals surface area contributed by atoms with Crippen LogP contribution in [0, 0.1) is 13.8 Å². The van der Waals surface area contributed by atoms with Crippen LogP contribution in [0.5, 0.6) is 0 Å². The van der Waals surface area contributed by atoms with Crippen LogP contribution in [0.3, 0.4) is 0 Å². The highest BCUT2D eigenvalue weighted by Gasteiger charge is 2.10. The van der Waals surface area contributed by atoms with Crippen molar-refractivity contribution in [2.45, 2.75) is 20.3 Å². The molecule has 0 aromatic carbocycles. The van der Waals surface area contributed by atoms with Crippen LogP contribution < -0.4 is 5.32 Å². The van der Waals surface area contributed by atoms with E-state index >= 15 is 0 Å². The van der Waals surface area contributed by atoms with Gasteiger partial charge in [-0.15, -0.1) is 11.3 Å². The molecule has 0 fully saturated rings. The lowest BCUT2D eigenvalue weighted by Gasteiger charge is -2.11. The molecule has 0 aliphatic rings. The molecule has 0 unspecified atom stereocenters. The Morgan fingerprint density at radius 1 is 1.09 bits per heavy atom. The minimum atomic E-state index is 0.669. The lowest BCUT2D eigenvalue weighted by Crippen LogP contribution is -2.10. The molecule has 0 atom stereocenters. The van der Waals surface area contributed by atoms with E-state index in [1.54, 1.807) is 17.5 Å². The van der Waals surface area contributed by atoms with E-state index in [1.165, 1.54) is 4.88 Å². The van der Waals surface area contributed by atoms with Crippen LogP contribution in [-0.4, -0.2) is 21.5 Å². The Morgan fingerprint density at radius 2 is 2.00 bits per heavy atom. The summed E-state index contributed by atoms with van der Waals surface area (Å²) in [7, 11) is 0. The molecular formula is C17H18N4S. The van der Waals surface area contributed by atoms with Gasteiger partial charge in [-0.3, -0.25) is 4.98 Å². The molecule has 3 rings (SSSR count). The largest absolute Gasteiger partial charge is 0.369 e. The van der Waals surface area contributed by atoms with Gasteiger partial charge in [0.15, 0.2) is 5.82 Å². The second kappa shape index (κ2) is 6.66. The lowest BCUT2D eigenvalue weighted by atomic mass is 10.2. The van der Waals surface area contributed by atoms with Gasteiger partial charge in [0.1, 0.15) is 11.5 Å². The summed E-state index contributed by atoms with van der Waals surface area (Å²) < 4.78 is 0. The number of aryl methyl sites for hydroxylation is 1. The van der Waals surface area contributed by atoms with Crippen LogP contribution >= 0.6 is 11.3 Å². The lowest BCUT2D eigenvalue weighted by molar-refractivity contribution is 0.993. The molecule has 1 N–H and O–H groups in total. The fourth-order valence-corrected chi connectivity index (χ4v) is 2.88. The second-order valence-corrected chi connectivity index (χ2v) is 6.11. The van der Waals surface area contributed by atoms with E-state index in [-0.39, 0.29) is 0 Å². The fraction of sp³-hybridized carbons (Fsp3) is 0.235. The van der Waals surface area contributed by atoms with Gasteiger partial charge in [-0.25, -0.2) is 9.97 Å². The van der Waals surface area contributed by atoms with Crippen molar-refractivity contribution in [1.82, 2.24) is 15.0 Å². The van der Waals surface area contributed by atoms with Crippen molar-refractivity contribution in [2.75, 3.05) is 11.9 Å².